The van der Waals surface area contributed by atoms with Crippen LogP contribution in [0.1, 0.15) is 76.0 Å². The summed E-state index contributed by atoms with van der Waals surface area (Å²) < 4.78 is 5.86. The molecule has 1 aromatic rings. The van der Waals surface area contributed by atoms with Crippen molar-refractivity contribution in [1.82, 2.24) is 0 Å². The molecule has 0 heterocycles. The molecule has 0 bridgehead atoms. The van der Waals surface area contributed by atoms with Crippen LogP contribution in [0.5, 0.6) is 0 Å². The molecule has 0 aromatic heterocycles. The lowest BCUT2D eigenvalue weighted by atomic mass is 9.96. The third-order valence-corrected chi connectivity index (χ3v) is 5.57. The average molecular weight is 423 g/mol. The Hall–Kier alpha value is -1.59. The largest absolute Gasteiger partial charge is 0.377 e. The van der Waals surface area contributed by atoms with Crippen LogP contribution in [0.4, 0.5) is 5.69 Å². The number of hydrogen-bond donors (Lipinski definition) is 0. The number of rotatable bonds is 12. The predicted octanol–water partition coefficient (Wildman–Crippen LogP) is 5.60. The second-order valence-electron chi connectivity index (χ2n) is 7.40. The Morgan fingerprint density at radius 3 is 2.48 bits per heavy atom. The highest BCUT2D eigenvalue weighted by atomic mass is 35.5. The number of benzene rings is 1. The molecule has 0 saturated heterocycles. The van der Waals surface area contributed by atoms with Crippen LogP contribution in [0, 0.1) is 0 Å². The zero-order valence-electron chi connectivity index (χ0n) is 18.1. The number of anilines is 1. The number of hydrogen-bond acceptors (Lipinski definition) is 4. The Kier molecular flexibility index (Phi) is 10.5. The molecule has 0 spiro atoms. The van der Waals surface area contributed by atoms with Crippen LogP contribution in [-0.2, 0) is 33.8 Å². The van der Waals surface area contributed by atoms with E-state index in [2.05, 4.69) is 38.1 Å². The van der Waals surface area contributed by atoms with E-state index in [1.165, 1.54) is 0 Å². The third-order valence-electron chi connectivity index (χ3n) is 5.34. The lowest BCUT2D eigenvalue weighted by Gasteiger charge is -2.27. The number of oxime groups is 1. The molecular formula is C23H35ClN2O3. The minimum Gasteiger partial charge on any atom is -0.377 e. The van der Waals surface area contributed by atoms with Crippen molar-refractivity contribution in [2.45, 2.75) is 78.7 Å². The van der Waals surface area contributed by atoms with E-state index in [0.29, 0.717) is 6.61 Å². The first-order chi connectivity index (χ1) is 14.2. The van der Waals surface area contributed by atoms with Gasteiger partial charge in [0.05, 0.1) is 18.0 Å². The molecule has 0 N–H and O–H groups in total. The number of halogens is 1. The van der Waals surface area contributed by atoms with Crippen LogP contribution in [0.2, 0.25) is 0 Å². The number of carbonyl (C=O) groups excluding carboxylic acids is 1. The Morgan fingerprint density at radius 2 is 1.86 bits per heavy atom. The van der Waals surface area contributed by atoms with E-state index in [4.69, 9.17) is 21.2 Å². The van der Waals surface area contributed by atoms with Crippen molar-refractivity contribution in [1.29, 1.82) is 0 Å². The van der Waals surface area contributed by atoms with Crippen molar-refractivity contribution in [3.05, 3.63) is 28.8 Å². The van der Waals surface area contributed by atoms with Gasteiger partial charge in [-0.3, -0.25) is 9.69 Å². The highest BCUT2D eigenvalue weighted by Gasteiger charge is 2.23. The fourth-order valence-electron chi connectivity index (χ4n) is 3.69. The van der Waals surface area contributed by atoms with Gasteiger partial charge in [-0.05, 0) is 61.6 Å². The van der Waals surface area contributed by atoms with Crippen molar-refractivity contribution in [3.63, 3.8) is 0 Å². The molecule has 2 rings (SSSR count). The molecule has 0 atom stereocenters. The van der Waals surface area contributed by atoms with Crippen LogP contribution in [-0.4, -0.2) is 30.8 Å². The lowest BCUT2D eigenvalue weighted by molar-refractivity contribution is -0.117. The quantitative estimate of drug-likeness (QED) is 0.190. The van der Waals surface area contributed by atoms with Crippen molar-refractivity contribution < 1.29 is 14.4 Å². The van der Waals surface area contributed by atoms with Gasteiger partial charge in [-0.2, -0.15) is 0 Å². The van der Waals surface area contributed by atoms with E-state index in [9.17, 15) is 4.79 Å². The Balaban J connectivity index is 2.30. The number of alkyl halides is 1. The van der Waals surface area contributed by atoms with E-state index in [1.54, 1.807) is 4.90 Å². The summed E-state index contributed by atoms with van der Waals surface area (Å²) >= 11 is 5.94. The zero-order valence-corrected chi connectivity index (χ0v) is 18.9. The van der Waals surface area contributed by atoms with Gasteiger partial charge in [-0.25, -0.2) is 0 Å². The summed E-state index contributed by atoms with van der Waals surface area (Å²) in [5.74, 6) is -0.268. The highest BCUT2D eigenvalue weighted by Crippen LogP contribution is 2.31. The van der Waals surface area contributed by atoms with E-state index in [0.717, 1.165) is 86.1 Å². The number of nitrogens with zero attached hydrogens (tertiary/aromatic N) is 2. The smallest absolute Gasteiger partial charge is 0.244 e. The molecule has 1 aliphatic carbocycles. The molecule has 1 aromatic carbocycles. The maximum atomic E-state index is 12.7. The van der Waals surface area contributed by atoms with Gasteiger partial charge in [0.1, 0.15) is 5.88 Å². The predicted molar refractivity (Wildman–Crippen MR) is 120 cm³/mol. The molecule has 1 saturated carbocycles. The molecule has 5 nitrogen and oxygen atoms in total. The van der Waals surface area contributed by atoms with Gasteiger partial charge in [-0.15, -0.1) is 11.6 Å². The zero-order chi connectivity index (χ0) is 21.1. The van der Waals surface area contributed by atoms with Gasteiger partial charge in [0.2, 0.25) is 5.91 Å². The Labute approximate surface area is 180 Å². The van der Waals surface area contributed by atoms with Gasteiger partial charge in [0.25, 0.3) is 0 Å². The number of carbonyl (C=O) groups is 1. The SMILES string of the molecule is CCCCOCc1ccc(CC)c(N(CON=C2CCCC2)C(=O)CCl)c1CC. The van der Waals surface area contributed by atoms with Crippen LogP contribution < -0.4 is 4.90 Å². The molecule has 0 unspecified atom stereocenters. The van der Waals surface area contributed by atoms with Crippen molar-refractivity contribution in [2.24, 2.45) is 5.16 Å². The normalized spacial score (nSPS) is 13.6. The van der Waals surface area contributed by atoms with Crippen LogP contribution in [0.25, 0.3) is 0 Å². The second kappa shape index (κ2) is 12.9. The first-order valence-corrected chi connectivity index (χ1v) is 11.4. The van der Waals surface area contributed by atoms with E-state index in [-0.39, 0.29) is 18.5 Å². The van der Waals surface area contributed by atoms with Gasteiger partial charge in [0.15, 0.2) is 6.73 Å². The average Bonchev–Trinajstić information content (AvgIpc) is 3.27. The van der Waals surface area contributed by atoms with Crippen molar-refractivity contribution in [2.75, 3.05) is 24.1 Å². The maximum absolute atomic E-state index is 12.7. The monoisotopic (exact) mass is 422 g/mol. The van der Waals surface area contributed by atoms with Crippen LogP contribution >= 0.6 is 11.6 Å². The number of unbranched alkanes of at least 4 members (excludes halogenated alkanes) is 1. The van der Waals surface area contributed by atoms with E-state index >= 15 is 0 Å². The molecular weight excluding hydrogens is 388 g/mol. The molecule has 6 heteroatoms. The summed E-state index contributed by atoms with van der Waals surface area (Å²) in [7, 11) is 0. The summed E-state index contributed by atoms with van der Waals surface area (Å²) in [5, 5.41) is 4.26. The summed E-state index contributed by atoms with van der Waals surface area (Å²) in [6.07, 6.45) is 8.06. The lowest BCUT2D eigenvalue weighted by Crippen LogP contribution is -2.35. The minimum absolute atomic E-state index is 0.0786. The molecule has 29 heavy (non-hydrogen) atoms. The van der Waals surface area contributed by atoms with Crippen molar-refractivity contribution >= 4 is 28.9 Å². The second-order valence-corrected chi connectivity index (χ2v) is 7.67. The fourth-order valence-corrected chi connectivity index (χ4v) is 3.84. The molecule has 1 fully saturated rings. The molecule has 162 valence electrons. The third kappa shape index (κ3) is 6.71. The van der Waals surface area contributed by atoms with Crippen LogP contribution in [0.3, 0.4) is 0 Å². The minimum atomic E-state index is -0.174. The number of amides is 1. The molecule has 1 amide bonds. The topological polar surface area (TPSA) is 51.1 Å². The standard InChI is InChI=1S/C23H35ClN2O3/c1-4-7-14-28-16-19-13-12-18(5-2)23(21(19)6-3)26(22(27)15-24)17-29-25-20-10-8-9-11-20/h12-13H,4-11,14-17H2,1-3H3. The van der Waals surface area contributed by atoms with Gasteiger partial charge in [0, 0.05) is 6.61 Å². The van der Waals surface area contributed by atoms with Crippen LogP contribution in [0.15, 0.2) is 17.3 Å². The van der Waals surface area contributed by atoms with Gasteiger partial charge >= 0.3 is 0 Å². The number of ether oxygens (including phenoxy) is 1. The first-order valence-electron chi connectivity index (χ1n) is 10.9. The molecule has 0 aliphatic heterocycles. The number of aryl methyl sites for hydroxylation is 1. The molecule has 0 radical (unpaired) electrons. The van der Waals surface area contributed by atoms with E-state index in [1.807, 2.05) is 0 Å². The highest BCUT2D eigenvalue weighted by molar-refractivity contribution is 6.29. The van der Waals surface area contributed by atoms with Gasteiger partial charge in [-0.1, -0.05) is 44.5 Å². The van der Waals surface area contributed by atoms with Gasteiger partial charge < -0.3 is 9.57 Å². The summed E-state index contributed by atoms with van der Waals surface area (Å²) in [5.41, 5.74) is 5.33. The summed E-state index contributed by atoms with van der Waals surface area (Å²) in [6.45, 7) is 7.73. The van der Waals surface area contributed by atoms with E-state index < -0.39 is 0 Å². The Bertz CT molecular complexity index is 683. The molecule has 1 aliphatic rings. The summed E-state index contributed by atoms with van der Waals surface area (Å²) in [6, 6.07) is 4.21. The first kappa shape index (κ1) is 23.7. The Morgan fingerprint density at radius 1 is 1.14 bits per heavy atom. The fraction of sp³-hybridized carbons (Fsp3) is 0.652. The summed E-state index contributed by atoms with van der Waals surface area (Å²) in [4.78, 5) is 20.0. The maximum Gasteiger partial charge on any atom is 0.244 e. The van der Waals surface area contributed by atoms with Crippen molar-refractivity contribution in [3.8, 4) is 0 Å².